The Bertz CT molecular complexity index is 1130. The molecule has 0 atom stereocenters. The van der Waals surface area contributed by atoms with E-state index in [1.807, 2.05) is 0 Å². The maximum absolute atomic E-state index is 12.4. The first kappa shape index (κ1) is 28.0. The van der Waals surface area contributed by atoms with Crippen molar-refractivity contribution in [3.8, 4) is 11.5 Å². The van der Waals surface area contributed by atoms with Crippen LogP contribution in [0.1, 0.15) is 54.3 Å². The van der Waals surface area contributed by atoms with Gasteiger partial charge in [-0.1, -0.05) is 0 Å². The fourth-order valence-corrected chi connectivity index (χ4v) is 3.02. The Balaban J connectivity index is 1.52. The predicted molar refractivity (Wildman–Crippen MR) is 133 cm³/mol. The van der Waals surface area contributed by atoms with E-state index in [2.05, 4.69) is 0 Å². The van der Waals surface area contributed by atoms with E-state index in [0.29, 0.717) is 12.8 Å². The van der Waals surface area contributed by atoms with E-state index in [-0.39, 0.29) is 60.2 Å². The van der Waals surface area contributed by atoms with Gasteiger partial charge in [-0.25, -0.2) is 19.2 Å². The van der Waals surface area contributed by atoms with Gasteiger partial charge in [-0.05, 0) is 72.8 Å². The Morgan fingerprint density at radius 2 is 0.763 bits per heavy atom. The molecule has 3 aromatic carbocycles. The van der Waals surface area contributed by atoms with Gasteiger partial charge in [0.05, 0.1) is 35.5 Å². The minimum Gasteiger partial charge on any atom is -0.462 e. The summed E-state index contributed by atoms with van der Waals surface area (Å²) >= 11 is 0. The van der Waals surface area contributed by atoms with Crippen molar-refractivity contribution in [1.82, 2.24) is 0 Å². The van der Waals surface area contributed by atoms with Crippen molar-refractivity contribution in [2.75, 3.05) is 26.4 Å². The van der Waals surface area contributed by atoms with Gasteiger partial charge in [0.15, 0.2) is 0 Å². The summed E-state index contributed by atoms with van der Waals surface area (Å²) in [5.41, 5.74) is 0.938. The number of aliphatic hydroxyl groups is 2. The number of benzene rings is 3. The molecular formula is C28H26O10. The van der Waals surface area contributed by atoms with Crippen molar-refractivity contribution in [2.24, 2.45) is 0 Å². The van der Waals surface area contributed by atoms with Crippen LogP contribution in [0.3, 0.4) is 0 Å². The van der Waals surface area contributed by atoms with E-state index < -0.39 is 23.9 Å². The Kier molecular flexibility index (Phi) is 10.5. The Morgan fingerprint density at radius 1 is 0.474 bits per heavy atom. The standard InChI is InChI=1S/C28H26O10/c29-15-1-17-35-25(31)19-7-11-23(12-8-19)37-27(33)21-3-5-22(6-4-21)28(34)38-24-13-9-20(10-14-24)26(32)36-18-2-16-30/h3-14,29-30H,1-2,15-18H2. The summed E-state index contributed by atoms with van der Waals surface area (Å²) in [5, 5.41) is 17.5. The van der Waals surface area contributed by atoms with Crippen LogP contribution in [-0.2, 0) is 9.47 Å². The van der Waals surface area contributed by atoms with Gasteiger partial charge in [-0.15, -0.1) is 0 Å². The zero-order chi connectivity index (χ0) is 27.3. The molecule has 0 unspecified atom stereocenters. The molecule has 0 radical (unpaired) electrons. The molecule has 0 aliphatic carbocycles. The summed E-state index contributed by atoms with van der Waals surface area (Å²) < 4.78 is 20.6. The molecule has 0 saturated heterocycles. The van der Waals surface area contributed by atoms with E-state index in [1.165, 1.54) is 72.8 Å². The molecule has 0 saturated carbocycles. The predicted octanol–water partition coefficient (Wildman–Crippen LogP) is 3.20. The summed E-state index contributed by atoms with van der Waals surface area (Å²) in [6, 6.07) is 17.3. The van der Waals surface area contributed by atoms with Gasteiger partial charge >= 0.3 is 23.9 Å². The number of ether oxygens (including phenoxy) is 4. The van der Waals surface area contributed by atoms with Crippen molar-refractivity contribution in [3.05, 3.63) is 95.1 Å². The molecule has 3 aromatic rings. The van der Waals surface area contributed by atoms with Crippen molar-refractivity contribution >= 4 is 23.9 Å². The highest BCUT2D eigenvalue weighted by Crippen LogP contribution is 2.18. The molecule has 0 aromatic heterocycles. The zero-order valence-corrected chi connectivity index (χ0v) is 20.3. The molecule has 10 nitrogen and oxygen atoms in total. The number of rotatable bonds is 12. The maximum atomic E-state index is 12.4. The number of hydrogen-bond donors (Lipinski definition) is 2. The molecule has 2 N–H and O–H groups in total. The lowest BCUT2D eigenvalue weighted by atomic mass is 10.1. The normalized spacial score (nSPS) is 10.4. The fourth-order valence-electron chi connectivity index (χ4n) is 3.02. The SMILES string of the molecule is O=C(OCCCO)c1ccc(OC(=O)c2ccc(C(=O)Oc3ccc(C(=O)OCCCO)cc3)cc2)cc1. The topological polar surface area (TPSA) is 146 Å². The van der Waals surface area contributed by atoms with E-state index in [9.17, 15) is 19.2 Å². The van der Waals surface area contributed by atoms with Crippen LogP contribution >= 0.6 is 0 Å². The average molecular weight is 523 g/mol. The third kappa shape index (κ3) is 8.26. The number of aliphatic hydroxyl groups excluding tert-OH is 2. The van der Waals surface area contributed by atoms with Gasteiger partial charge in [0.1, 0.15) is 11.5 Å². The number of esters is 4. The minimum absolute atomic E-state index is 0.0781. The lowest BCUT2D eigenvalue weighted by Gasteiger charge is -2.08. The van der Waals surface area contributed by atoms with Gasteiger partial charge in [-0.3, -0.25) is 0 Å². The molecule has 0 aliphatic rings. The minimum atomic E-state index is -0.662. The number of carbonyl (C=O) groups excluding carboxylic acids is 4. The Morgan fingerprint density at radius 3 is 1.08 bits per heavy atom. The Labute approximate surface area is 218 Å². The molecular weight excluding hydrogens is 496 g/mol. The third-order valence-corrected chi connectivity index (χ3v) is 5.03. The largest absolute Gasteiger partial charge is 0.462 e. The van der Waals surface area contributed by atoms with Crippen molar-refractivity contribution < 1.29 is 48.3 Å². The summed E-state index contributed by atoms with van der Waals surface area (Å²) in [4.78, 5) is 48.7. The quantitative estimate of drug-likeness (QED) is 0.207. The fraction of sp³-hybridized carbons (Fsp3) is 0.214. The van der Waals surface area contributed by atoms with E-state index in [0.717, 1.165) is 0 Å². The Hall–Kier alpha value is -4.54. The highest BCUT2D eigenvalue weighted by molar-refractivity contribution is 5.95. The van der Waals surface area contributed by atoms with Crippen LogP contribution in [0.5, 0.6) is 11.5 Å². The second-order valence-electron chi connectivity index (χ2n) is 7.83. The molecule has 3 rings (SSSR count). The summed E-state index contributed by atoms with van der Waals surface area (Å²) in [7, 11) is 0. The molecule has 0 spiro atoms. The second-order valence-corrected chi connectivity index (χ2v) is 7.83. The van der Waals surface area contributed by atoms with E-state index >= 15 is 0 Å². The van der Waals surface area contributed by atoms with Crippen LogP contribution in [0.15, 0.2) is 72.8 Å². The molecule has 0 fully saturated rings. The molecule has 0 heterocycles. The van der Waals surface area contributed by atoms with Crippen molar-refractivity contribution in [3.63, 3.8) is 0 Å². The molecule has 0 bridgehead atoms. The highest BCUT2D eigenvalue weighted by atomic mass is 16.5. The lowest BCUT2D eigenvalue weighted by molar-refractivity contribution is 0.0471. The molecule has 0 aliphatic heterocycles. The molecule has 0 amide bonds. The van der Waals surface area contributed by atoms with Gasteiger partial charge in [-0.2, -0.15) is 0 Å². The monoisotopic (exact) mass is 522 g/mol. The summed E-state index contributed by atoms with van der Waals surface area (Å²) in [6.07, 6.45) is 0.687. The lowest BCUT2D eigenvalue weighted by Crippen LogP contribution is -2.12. The van der Waals surface area contributed by atoms with Gasteiger partial charge in [0.25, 0.3) is 0 Å². The van der Waals surface area contributed by atoms with Crippen molar-refractivity contribution in [2.45, 2.75) is 12.8 Å². The van der Waals surface area contributed by atoms with Crippen LogP contribution in [0.25, 0.3) is 0 Å². The second kappa shape index (κ2) is 14.3. The smallest absolute Gasteiger partial charge is 0.343 e. The number of carbonyl (C=O) groups is 4. The maximum Gasteiger partial charge on any atom is 0.343 e. The van der Waals surface area contributed by atoms with Crippen LogP contribution in [0.2, 0.25) is 0 Å². The number of hydrogen-bond acceptors (Lipinski definition) is 10. The van der Waals surface area contributed by atoms with Crippen molar-refractivity contribution in [1.29, 1.82) is 0 Å². The van der Waals surface area contributed by atoms with E-state index in [1.54, 1.807) is 0 Å². The zero-order valence-electron chi connectivity index (χ0n) is 20.3. The highest BCUT2D eigenvalue weighted by Gasteiger charge is 2.14. The van der Waals surface area contributed by atoms with Gasteiger partial charge in [0.2, 0.25) is 0 Å². The first-order chi connectivity index (χ1) is 18.4. The van der Waals surface area contributed by atoms with E-state index in [4.69, 9.17) is 29.2 Å². The summed E-state index contributed by atoms with van der Waals surface area (Å²) in [6.45, 7) is 0.0483. The third-order valence-electron chi connectivity index (χ3n) is 5.03. The average Bonchev–Trinajstić information content (AvgIpc) is 2.94. The van der Waals surface area contributed by atoms with Crippen LogP contribution in [-0.4, -0.2) is 60.5 Å². The first-order valence-electron chi connectivity index (χ1n) is 11.7. The molecule has 198 valence electrons. The first-order valence-corrected chi connectivity index (χ1v) is 11.7. The van der Waals surface area contributed by atoms with Crippen LogP contribution in [0.4, 0.5) is 0 Å². The van der Waals surface area contributed by atoms with Crippen LogP contribution < -0.4 is 9.47 Å². The molecule has 10 heteroatoms. The summed E-state index contributed by atoms with van der Waals surface area (Å²) in [5.74, 6) is -2.00. The van der Waals surface area contributed by atoms with Crippen LogP contribution in [0, 0.1) is 0 Å². The molecule has 38 heavy (non-hydrogen) atoms. The van der Waals surface area contributed by atoms with Gasteiger partial charge < -0.3 is 29.2 Å². The van der Waals surface area contributed by atoms with Gasteiger partial charge in [0, 0.05) is 26.1 Å².